The Kier molecular flexibility index (Phi) is 8.39. The molecular weight excluding hydrogens is 190 g/mol. The van der Waals surface area contributed by atoms with E-state index in [2.05, 4.69) is 23.8 Å². The van der Waals surface area contributed by atoms with Gasteiger partial charge < -0.3 is 10.5 Å². The second kappa shape index (κ2) is 9.21. The van der Waals surface area contributed by atoms with Crippen LogP contribution in [0.4, 0.5) is 0 Å². The summed E-state index contributed by atoms with van der Waals surface area (Å²) in [5, 5.41) is 0. The Hall–Kier alpha value is -1.35. The first kappa shape index (κ1) is 13.7. The third kappa shape index (κ3) is 8.97. The van der Waals surface area contributed by atoms with Crippen LogP contribution in [0.1, 0.15) is 18.9 Å². The van der Waals surface area contributed by atoms with Gasteiger partial charge in [0, 0.05) is 6.54 Å². The number of aryl methyl sites for hydroxylation is 1. The topological polar surface area (TPSA) is 52.3 Å². The summed E-state index contributed by atoms with van der Waals surface area (Å²) in [6.45, 7) is 4.67. The number of nitrogens with two attached hydrogens (primary N) is 1. The lowest BCUT2D eigenvalue weighted by Gasteiger charge is -1.96. The van der Waals surface area contributed by atoms with Crippen molar-refractivity contribution in [3.8, 4) is 0 Å². The number of hydrogen-bond donors (Lipinski definition) is 1. The maximum Gasteiger partial charge on any atom is 0.307 e. The van der Waals surface area contributed by atoms with E-state index in [0.717, 1.165) is 0 Å². The molecule has 0 unspecified atom stereocenters. The summed E-state index contributed by atoms with van der Waals surface area (Å²) in [7, 11) is 0. The smallest absolute Gasteiger partial charge is 0.307 e. The molecule has 84 valence electrons. The fraction of sp³-hybridized carbons (Fsp3) is 0.417. The van der Waals surface area contributed by atoms with Crippen LogP contribution in [-0.2, 0) is 9.53 Å². The maximum atomic E-state index is 10.3. The Labute approximate surface area is 91.2 Å². The van der Waals surface area contributed by atoms with Gasteiger partial charge in [-0.05, 0) is 13.8 Å². The van der Waals surface area contributed by atoms with Gasteiger partial charge in [-0.1, -0.05) is 35.9 Å². The minimum atomic E-state index is -0.213. The molecule has 3 nitrogen and oxygen atoms in total. The quantitative estimate of drug-likeness (QED) is 0.773. The zero-order chi connectivity index (χ0) is 11.5. The molecule has 0 saturated heterocycles. The molecule has 0 aliphatic rings. The summed E-state index contributed by atoms with van der Waals surface area (Å²) < 4.78 is 4.56. The van der Waals surface area contributed by atoms with Crippen molar-refractivity contribution in [1.29, 1.82) is 0 Å². The highest BCUT2D eigenvalue weighted by atomic mass is 16.5. The van der Waals surface area contributed by atoms with Gasteiger partial charge >= 0.3 is 5.97 Å². The SMILES string of the molecule is CCOC(=O)CCN.Cc1ccccc1. The summed E-state index contributed by atoms with van der Waals surface area (Å²) in [5.41, 5.74) is 6.38. The molecule has 0 aliphatic carbocycles. The normalized spacial score (nSPS) is 8.73. The molecule has 1 aromatic carbocycles. The number of hydrogen-bond acceptors (Lipinski definition) is 3. The van der Waals surface area contributed by atoms with Gasteiger partial charge in [0.1, 0.15) is 0 Å². The van der Waals surface area contributed by atoms with Crippen molar-refractivity contribution >= 4 is 5.97 Å². The van der Waals surface area contributed by atoms with Crippen LogP contribution in [0, 0.1) is 6.92 Å². The first-order valence-electron chi connectivity index (χ1n) is 5.08. The fourth-order valence-corrected chi connectivity index (χ4v) is 0.885. The molecule has 1 aromatic rings. The Morgan fingerprint density at radius 1 is 1.33 bits per heavy atom. The summed E-state index contributed by atoms with van der Waals surface area (Å²) in [5.74, 6) is -0.213. The molecular formula is C12H19NO2. The van der Waals surface area contributed by atoms with Crippen LogP contribution in [0.15, 0.2) is 30.3 Å². The van der Waals surface area contributed by atoms with E-state index >= 15 is 0 Å². The van der Waals surface area contributed by atoms with Crippen LogP contribution < -0.4 is 5.73 Å². The van der Waals surface area contributed by atoms with Crippen molar-refractivity contribution in [3.05, 3.63) is 35.9 Å². The number of benzene rings is 1. The Morgan fingerprint density at radius 2 is 1.93 bits per heavy atom. The van der Waals surface area contributed by atoms with Gasteiger partial charge in [-0.3, -0.25) is 4.79 Å². The molecule has 0 fully saturated rings. The minimum Gasteiger partial charge on any atom is -0.466 e. The average molecular weight is 209 g/mol. The van der Waals surface area contributed by atoms with Gasteiger partial charge in [0.05, 0.1) is 13.0 Å². The molecule has 3 heteroatoms. The summed E-state index contributed by atoms with van der Waals surface area (Å²) in [6.07, 6.45) is 0.327. The highest BCUT2D eigenvalue weighted by Gasteiger charge is 1.95. The summed E-state index contributed by atoms with van der Waals surface area (Å²) in [4.78, 5) is 10.3. The van der Waals surface area contributed by atoms with Gasteiger partial charge in [0.25, 0.3) is 0 Å². The van der Waals surface area contributed by atoms with E-state index in [9.17, 15) is 4.79 Å². The second-order valence-corrected chi connectivity index (χ2v) is 3.00. The first-order chi connectivity index (χ1) is 7.20. The Bertz CT molecular complexity index is 252. The van der Waals surface area contributed by atoms with Crippen LogP contribution >= 0.6 is 0 Å². The number of carbonyl (C=O) groups is 1. The minimum absolute atomic E-state index is 0.213. The number of esters is 1. The summed E-state index contributed by atoms with van der Waals surface area (Å²) >= 11 is 0. The molecule has 0 aromatic heterocycles. The van der Waals surface area contributed by atoms with Crippen molar-refractivity contribution in [2.45, 2.75) is 20.3 Å². The van der Waals surface area contributed by atoms with Gasteiger partial charge in [0.15, 0.2) is 0 Å². The van der Waals surface area contributed by atoms with Crippen LogP contribution in [0.3, 0.4) is 0 Å². The lowest BCUT2D eigenvalue weighted by atomic mass is 10.2. The van der Waals surface area contributed by atoms with Gasteiger partial charge in [-0.25, -0.2) is 0 Å². The van der Waals surface area contributed by atoms with E-state index < -0.39 is 0 Å². The molecule has 0 bridgehead atoms. The van der Waals surface area contributed by atoms with E-state index in [1.54, 1.807) is 6.92 Å². The van der Waals surface area contributed by atoms with Crippen LogP contribution in [0.2, 0.25) is 0 Å². The standard InChI is InChI=1S/C7H8.C5H11NO2/c1-7-5-3-2-4-6-7;1-2-8-5(7)3-4-6/h2-6H,1H3;2-4,6H2,1H3. The lowest BCUT2D eigenvalue weighted by molar-refractivity contribution is -0.142. The third-order valence-electron chi connectivity index (χ3n) is 1.59. The monoisotopic (exact) mass is 209 g/mol. The van der Waals surface area contributed by atoms with Crippen molar-refractivity contribution in [1.82, 2.24) is 0 Å². The molecule has 0 saturated carbocycles. The van der Waals surface area contributed by atoms with E-state index in [1.165, 1.54) is 5.56 Å². The zero-order valence-electron chi connectivity index (χ0n) is 9.40. The second-order valence-electron chi connectivity index (χ2n) is 3.00. The molecule has 0 amide bonds. The third-order valence-corrected chi connectivity index (χ3v) is 1.59. The van der Waals surface area contributed by atoms with E-state index in [-0.39, 0.29) is 5.97 Å². The van der Waals surface area contributed by atoms with Crippen molar-refractivity contribution in [2.75, 3.05) is 13.2 Å². The highest BCUT2D eigenvalue weighted by Crippen LogP contribution is 1.92. The van der Waals surface area contributed by atoms with Crippen molar-refractivity contribution in [3.63, 3.8) is 0 Å². The van der Waals surface area contributed by atoms with Crippen LogP contribution in [0.5, 0.6) is 0 Å². The zero-order valence-corrected chi connectivity index (χ0v) is 9.40. The molecule has 0 heterocycles. The maximum absolute atomic E-state index is 10.3. The predicted octanol–water partition coefficient (Wildman–Crippen LogP) is 1.89. The molecule has 0 radical (unpaired) electrons. The molecule has 0 spiro atoms. The van der Waals surface area contributed by atoms with Crippen LogP contribution in [0.25, 0.3) is 0 Å². The lowest BCUT2D eigenvalue weighted by Crippen LogP contribution is -2.10. The van der Waals surface area contributed by atoms with E-state index in [0.29, 0.717) is 19.6 Å². The van der Waals surface area contributed by atoms with E-state index in [4.69, 9.17) is 5.73 Å². The Morgan fingerprint density at radius 3 is 2.27 bits per heavy atom. The van der Waals surface area contributed by atoms with Gasteiger partial charge in [-0.2, -0.15) is 0 Å². The summed E-state index contributed by atoms with van der Waals surface area (Å²) in [6, 6.07) is 10.3. The van der Waals surface area contributed by atoms with Crippen molar-refractivity contribution < 1.29 is 9.53 Å². The van der Waals surface area contributed by atoms with Gasteiger partial charge in [0.2, 0.25) is 0 Å². The number of rotatable bonds is 3. The number of ether oxygens (including phenoxy) is 1. The molecule has 15 heavy (non-hydrogen) atoms. The van der Waals surface area contributed by atoms with Crippen LogP contribution in [-0.4, -0.2) is 19.1 Å². The molecule has 0 atom stereocenters. The highest BCUT2D eigenvalue weighted by molar-refractivity contribution is 5.69. The molecule has 1 rings (SSSR count). The largest absolute Gasteiger partial charge is 0.466 e. The van der Waals surface area contributed by atoms with Crippen molar-refractivity contribution in [2.24, 2.45) is 5.73 Å². The van der Waals surface area contributed by atoms with E-state index in [1.807, 2.05) is 18.2 Å². The molecule has 0 aliphatic heterocycles. The number of carbonyl (C=O) groups excluding carboxylic acids is 1. The predicted molar refractivity (Wildman–Crippen MR) is 61.5 cm³/mol. The average Bonchev–Trinajstić information content (AvgIpc) is 2.20. The van der Waals surface area contributed by atoms with Gasteiger partial charge in [-0.15, -0.1) is 0 Å². The Balaban J connectivity index is 0.000000262. The first-order valence-corrected chi connectivity index (χ1v) is 5.08. The molecule has 2 N–H and O–H groups in total. The fourth-order valence-electron chi connectivity index (χ4n) is 0.885.